The quantitative estimate of drug-likeness (QED) is 0.342. The van der Waals surface area contributed by atoms with E-state index in [-0.39, 0.29) is 11.3 Å². The number of hydrazone groups is 1. The zero-order valence-electron chi connectivity index (χ0n) is 13.7. The average Bonchev–Trinajstić information content (AvgIpc) is 3.07. The van der Waals surface area contributed by atoms with Crippen molar-refractivity contribution in [3.63, 3.8) is 0 Å². The lowest BCUT2D eigenvalue weighted by Gasteiger charge is -2.03. The van der Waals surface area contributed by atoms with Crippen molar-refractivity contribution in [3.05, 3.63) is 70.4 Å². The van der Waals surface area contributed by atoms with Gasteiger partial charge in [0.2, 0.25) is 0 Å². The maximum absolute atomic E-state index is 11.0. The Hall–Kier alpha value is -3.25. The summed E-state index contributed by atoms with van der Waals surface area (Å²) in [5.74, 6) is -0.352. The number of carbonyl (C=O) groups is 1. The number of carboxylic acid groups (broad SMARTS) is 1. The number of nitrogens with one attached hydrogen (secondary N) is 1. The largest absolute Gasteiger partial charge is 0.507 e. The van der Waals surface area contributed by atoms with Gasteiger partial charge in [-0.3, -0.25) is 5.43 Å². The van der Waals surface area contributed by atoms with Gasteiger partial charge in [-0.1, -0.05) is 23.7 Å². The zero-order valence-corrected chi connectivity index (χ0v) is 14.5. The van der Waals surface area contributed by atoms with Gasteiger partial charge in [0.1, 0.15) is 22.8 Å². The molecule has 0 unspecified atom stereocenters. The van der Waals surface area contributed by atoms with E-state index >= 15 is 0 Å². The van der Waals surface area contributed by atoms with Gasteiger partial charge < -0.3 is 14.6 Å². The second-order valence-corrected chi connectivity index (χ2v) is 5.98. The van der Waals surface area contributed by atoms with Gasteiger partial charge in [-0.25, -0.2) is 4.79 Å². The standard InChI is InChI=1S/C19H15ClN2O4/c1-11-2-3-12(8-16(11)20)18-7-5-14(26-18)10-21-22-13-4-6-17(23)15(9-13)19(24)25/h2-10,22-23H,1H3,(H,24,25). The zero-order chi connectivity index (χ0) is 18.7. The van der Waals surface area contributed by atoms with Gasteiger partial charge in [-0.2, -0.15) is 5.10 Å². The Bertz CT molecular complexity index is 995. The number of hydrogen-bond acceptors (Lipinski definition) is 5. The molecular weight excluding hydrogens is 356 g/mol. The van der Waals surface area contributed by atoms with Gasteiger partial charge >= 0.3 is 5.97 Å². The lowest BCUT2D eigenvalue weighted by Crippen LogP contribution is -1.98. The Morgan fingerprint density at radius 2 is 2.00 bits per heavy atom. The number of halogens is 1. The van der Waals surface area contributed by atoms with E-state index in [1.807, 2.05) is 31.2 Å². The molecule has 0 spiro atoms. The van der Waals surface area contributed by atoms with Crippen molar-refractivity contribution in [3.8, 4) is 17.1 Å². The van der Waals surface area contributed by atoms with Crippen LogP contribution in [0, 0.1) is 6.92 Å². The van der Waals surface area contributed by atoms with Crippen LogP contribution in [-0.2, 0) is 0 Å². The molecule has 1 aromatic heterocycles. The van der Waals surface area contributed by atoms with E-state index in [0.29, 0.717) is 22.2 Å². The summed E-state index contributed by atoms with van der Waals surface area (Å²) < 4.78 is 5.70. The van der Waals surface area contributed by atoms with Gasteiger partial charge in [0, 0.05) is 10.6 Å². The van der Waals surface area contributed by atoms with Gasteiger partial charge in [0.15, 0.2) is 0 Å². The second-order valence-electron chi connectivity index (χ2n) is 5.57. The molecule has 7 heteroatoms. The molecule has 0 amide bonds. The lowest BCUT2D eigenvalue weighted by atomic mass is 10.1. The number of phenols is 1. The van der Waals surface area contributed by atoms with E-state index < -0.39 is 5.97 Å². The maximum Gasteiger partial charge on any atom is 0.339 e. The van der Waals surface area contributed by atoms with Crippen LogP contribution in [0.5, 0.6) is 5.75 Å². The van der Waals surface area contributed by atoms with Crippen LogP contribution >= 0.6 is 11.6 Å². The third kappa shape index (κ3) is 3.87. The van der Waals surface area contributed by atoms with Crippen molar-refractivity contribution in [1.82, 2.24) is 0 Å². The van der Waals surface area contributed by atoms with E-state index in [4.69, 9.17) is 21.1 Å². The molecule has 0 saturated heterocycles. The summed E-state index contributed by atoms with van der Waals surface area (Å²) in [5.41, 5.74) is 4.76. The molecule has 6 nitrogen and oxygen atoms in total. The smallest absolute Gasteiger partial charge is 0.339 e. The summed E-state index contributed by atoms with van der Waals surface area (Å²) in [6.07, 6.45) is 1.46. The normalized spacial score (nSPS) is 11.0. The number of nitrogens with zero attached hydrogens (tertiary/aromatic N) is 1. The summed E-state index contributed by atoms with van der Waals surface area (Å²) in [5, 5.41) is 23.2. The van der Waals surface area contributed by atoms with Gasteiger partial charge in [0.25, 0.3) is 0 Å². The van der Waals surface area contributed by atoms with Crippen molar-refractivity contribution in [2.45, 2.75) is 6.92 Å². The molecule has 0 fully saturated rings. The third-order valence-electron chi connectivity index (χ3n) is 3.70. The van der Waals surface area contributed by atoms with Crippen LogP contribution < -0.4 is 5.43 Å². The van der Waals surface area contributed by atoms with Gasteiger partial charge in [-0.05, 0) is 48.9 Å². The fourth-order valence-corrected chi connectivity index (χ4v) is 2.45. The minimum absolute atomic E-state index is 0.207. The highest BCUT2D eigenvalue weighted by Gasteiger charge is 2.10. The molecule has 3 rings (SSSR count). The number of aryl methyl sites for hydroxylation is 1. The summed E-state index contributed by atoms with van der Waals surface area (Å²) in [6, 6.07) is 13.3. The molecule has 0 saturated carbocycles. The Kier molecular flexibility index (Phi) is 4.95. The first-order valence-corrected chi connectivity index (χ1v) is 8.03. The molecule has 132 valence electrons. The molecule has 2 aromatic carbocycles. The molecule has 0 atom stereocenters. The number of aromatic hydroxyl groups is 1. The number of benzene rings is 2. The number of aromatic carboxylic acids is 1. The topological polar surface area (TPSA) is 95.1 Å². The number of carboxylic acids is 1. The van der Waals surface area contributed by atoms with Gasteiger partial charge in [0.05, 0.1) is 11.9 Å². The molecule has 0 aliphatic rings. The monoisotopic (exact) mass is 370 g/mol. The minimum Gasteiger partial charge on any atom is -0.507 e. The lowest BCUT2D eigenvalue weighted by molar-refractivity contribution is 0.0694. The first-order valence-electron chi connectivity index (χ1n) is 7.66. The van der Waals surface area contributed by atoms with Crippen molar-refractivity contribution >= 4 is 29.5 Å². The number of hydrogen-bond donors (Lipinski definition) is 3. The minimum atomic E-state index is -1.22. The molecule has 0 bridgehead atoms. The number of furan rings is 1. The molecular formula is C19H15ClN2O4. The van der Waals surface area contributed by atoms with Crippen LogP contribution in [-0.4, -0.2) is 22.4 Å². The SMILES string of the molecule is Cc1ccc(-c2ccc(C=NNc3ccc(O)c(C(=O)O)c3)o2)cc1Cl. The van der Waals surface area contributed by atoms with Crippen LogP contribution in [0.25, 0.3) is 11.3 Å². The third-order valence-corrected chi connectivity index (χ3v) is 4.10. The summed E-state index contributed by atoms with van der Waals surface area (Å²) in [4.78, 5) is 11.0. The maximum atomic E-state index is 11.0. The van der Waals surface area contributed by atoms with Crippen molar-refractivity contribution in [2.24, 2.45) is 5.10 Å². The van der Waals surface area contributed by atoms with E-state index in [2.05, 4.69) is 10.5 Å². The fraction of sp³-hybridized carbons (Fsp3) is 0.0526. The molecule has 3 N–H and O–H groups in total. The van der Waals surface area contributed by atoms with Crippen molar-refractivity contribution in [1.29, 1.82) is 0 Å². The Balaban J connectivity index is 1.72. The fourth-order valence-electron chi connectivity index (χ4n) is 2.27. The van der Waals surface area contributed by atoms with Crippen molar-refractivity contribution in [2.75, 3.05) is 5.43 Å². The van der Waals surface area contributed by atoms with Crippen molar-refractivity contribution < 1.29 is 19.4 Å². The predicted octanol–water partition coefficient (Wildman–Crippen LogP) is 4.76. The highest BCUT2D eigenvalue weighted by Crippen LogP contribution is 2.26. The average molecular weight is 371 g/mol. The molecule has 26 heavy (non-hydrogen) atoms. The van der Waals surface area contributed by atoms with Crippen LogP contribution in [0.2, 0.25) is 5.02 Å². The summed E-state index contributed by atoms with van der Waals surface area (Å²) in [6.45, 7) is 1.93. The number of anilines is 1. The Morgan fingerprint density at radius 1 is 1.19 bits per heavy atom. The molecule has 0 aliphatic carbocycles. The van der Waals surface area contributed by atoms with Crippen LogP contribution in [0.4, 0.5) is 5.69 Å². The summed E-state index contributed by atoms with van der Waals surface area (Å²) in [7, 11) is 0. The Morgan fingerprint density at radius 3 is 2.73 bits per heavy atom. The van der Waals surface area contributed by atoms with Gasteiger partial charge in [-0.15, -0.1) is 0 Å². The van der Waals surface area contributed by atoms with E-state index in [1.165, 1.54) is 24.4 Å². The molecule has 0 aliphatic heterocycles. The van der Waals surface area contributed by atoms with E-state index in [9.17, 15) is 9.90 Å². The highest BCUT2D eigenvalue weighted by atomic mass is 35.5. The first kappa shape index (κ1) is 17.6. The molecule has 1 heterocycles. The van der Waals surface area contributed by atoms with E-state index in [1.54, 1.807) is 6.07 Å². The molecule has 0 radical (unpaired) electrons. The Labute approximate surface area is 154 Å². The summed E-state index contributed by atoms with van der Waals surface area (Å²) >= 11 is 6.13. The molecule has 3 aromatic rings. The second kappa shape index (κ2) is 7.33. The highest BCUT2D eigenvalue weighted by molar-refractivity contribution is 6.31. The first-order chi connectivity index (χ1) is 12.4. The van der Waals surface area contributed by atoms with Crippen LogP contribution in [0.3, 0.4) is 0 Å². The predicted molar refractivity (Wildman–Crippen MR) is 100 cm³/mol. The van der Waals surface area contributed by atoms with Crippen LogP contribution in [0.1, 0.15) is 21.7 Å². The number of rotatable bonds is 5. The van der Waals surface area contributed by atoms with Crippen LogP contribution in [0.15, 0.2) is 58.0 Å². The van der Waals surface area contributed by atoms with E-state index in [0.717, 1.165) is 11.1 Å².